The predicted octanol–water partition coefficient (Wildman–Crippen LogP) is 2.48. The normalized spacial score (nSPS) is 10.4. The molecule has 2 aromatic rings. The monoisotopic (exact) mass is 382 g/mol. The topological polar surface area (TPSA) is 92.9 Å². The average Bonchev–Trinajstić information content (AvgIpc) is 2.90. The third kappa shape index (κ3) is 4.56. The highest BCUT2D eigenvalue weighted by atomic mass is 79.9. The quantitative estimate of drug-likeness (QED) is 0.824. The lowest BCUT2D eigenvalue weighted by atomic mass is 10.2. The number of rotatable bonds is 6. The molecule has 0 aliphatic heterocycles. The molecule has 2 rings (SSSR count). The maximum Gasteiger partial charge on any atom is 0.323 e. The Bertz CT molecular complexity index is 728. The first kappa shape index (κ1) is 17.0. The zero-order valence-corrected chi connectivity index (χ0v) is 14.2. The number of nitrogens with zero attached hydrogens (tertiary/aromatic N) is 2. The van der Waals surface area contributed by atoms with E-state index in [1.807, 2.05) is 6.92 Å². The molecule has 0 saturated carbocycles. The summed E-state index contributed by atoms with van der Waals surface area (Å²) in [5.74, 6) is -0.319. The minimum Gasteiger partial charge on any atom is -0.484 e. The number of carboxylic acid groups (broad SMARTS) is 1. The number of ether oxygens (including phenoxy) is 1. The van der Waals surface area contributed by atoms with Gasteiger partial charge in [0.2, 0.25) is 0 Å². The van der Waals surface area contributed by atoms with Gasteiger partial charge in [-0.25, -0.2) is 0 Å². The number of carboxylic acids is 1. The summed E-state index contributed by atoms with van der Waals surface area (Å²) in [5, 5.41) is 12.5. The fourth-order valence-corrected chi connectivity index (χ4v) is 2.37. The van der Waals surface area contributed by atoms with Crippen molar-refractivity contribution in [1.29, 1.82) is 0 Å². The summed E-state index contributed by atoms with van der Waals surface area (Å²) in [6, 6.07) is 6.57. The van der Waals surface area contributed by atoms with Gasteiger partial charge in [-0.2, -0.15) is 0 Å². The van der Waals surface area contributed by atoms with Crippen LogP contribution in [0, 0.1) is 6.92 Å². The Kier molecular flexibility index (Phi) is 5.38. The first-order chi connectivity index (χ1) is 10.9. The maximum absolute atomic E-state index is 12.1. The molecule has 122 valence electrons. The van der Waals surface area contributed by atoms with E-state index in [0.29, 0.717) is 21.5 Å². The largest absolute Gasteiger partial charge is 0.484 e. The number of likely N-dealkylation sites (N-methyl/N-ethyl adjacent to an activating group) is 1. The molecule has 1 heterocycles. The van der Waals surface area contributed by atoms with Crippen LogP contribution >= 0.6 is 15.9 Å². The molecule has 8 heteroatoms. The van der Waals surface area contributed by atoms with Crippen LogP contribution in [-0.4, -0.2) is 40.6 Å². The van der Waals surface area contributed by atoms with Gasteiger partial charge in [-0.1, -0.05) is 5.16 Å². The molecule has 0 aliphatic rings. The van der Waals surface area contributed by atoms with Crippen LogP contribution in [0.25, 0.3) is 0 Å². The maximum atomic E-state index is 12.1. The van der Waals surface area contributed by atoms with E-state index in [2.05, 4.69) is 21.1 Å². The molecule has 0 atom stereocenters. The van der Waals surface area contributed by atoms with Crippen molar-refractivity contribution in [3.8, 4) is 5.75 Å². The molecule has 0 saturated heterocycles. The lowest BCUT2D eigenvalue weighted by Gasteiger charge is -2.15. The molecule has 1 aromatic carbocycles. The number of carbonyl (C=O) groups is 2. The second-order valence-corrected chi connectivity index (χ2v) is 5.78. The molecule has 23 heavy (non-hydrogen) atoms. The summed E-state index contributed by atoms with van der Waals surface area (Å²) in [5.41, 5.74) is 1.13. The van der Waals surface area contributed by atoms with Gasteiger partial charge in [-0.3, -0.25) is 9.59 Å². The number of carbonyl (C=O) groups excluding carboxylic acids is 1. The third-order valence-electron chi connectivity index (χ3n) is 2.94. The molecule has 0 spiro atoms. The average molecular weight is 383 g/mol. The van der Waals surface area contributed by atoms with Crippen molar-refractivity contribution in [2.75, 3.05) is 13.6 Å². The minimum absolute atomic E-state index is 0.214. The standard InChI is InChI=1S/C15H15BrN2O5/c1-9-5-11(23-17-9)8-22-13-4-3-10(6-12(13)16)15(21)18(2)7-14(19)20/h3-6H,7-8H2,1-2H3,(H,19,20). The summed E-state index contributed by atoms with van der Waals surface area (Å²) in [7, 11) is 1.43. The van der Waals surface area contributed by atoms with Crippen LogP contribution in [0.5, 0.6) is 5.75 Å². The van der Waals surface area contributed by atoms with Gasteiger partial charge in [-0.15, -0.1) is 0 Å². The predicted molar refractivity (Wildman–Crippen MR) is 84.3 cm³/mol. The molecule has 0 bridgehead atoms. The Labute approximate surface area is 141 Å². The lowest BCUT2D eigenvalue weighted by molar-refractivity contribution is -0.137. The molecule has 0 radical (unpaired) electrons. The van der Waals surface area contributed by atoms with Crippen LogP contribution < -0.4 is 4.74 Å². The number of halogens is 1. The van der Waals surface area contributed by atoms with Gasteiger partial charge in [0.05, 0.1) is 10.2 Å². The minimum atomic E-state index is -1.07. The first-order valence-corrected chi connectivity index (χ1v) is 7.48. The molecule has 0 aliphatic carbocycles. The fourth-order valence-electron chi connectivity index (χ4n) is 1.88. The Morgan fingerprint density at radius 2 is 2.13 bits per heavy atom. The third-order valence-corrected chi connectivity index (χ3v) is 3.56. The van der Waals surface area contributed by atoms with Gasteiger partial charge >= 0.3 is 5.97 Å². The molecule has 7 nitrogen and oxygen atoms in total. The van der Waals surface area contributed by atoms with E-state index in [9.17, 15) is 9.59 Å². The number of aliphatic carboxylic acids is 1. The zero-order chi connectivity index (χ0) is 17.0. The summed E-state index contributed by atoms with van der Waals surface area (Å²) < 4.78 is 11.2. The molecule has 1 N–H and O–H groups in total. The number of benzene rings is 1. The number of amides is 1. The van der Waals surface area contributed by atoms with Crippen LogP contribution in [0.1, 0.15) is 21.8 Å². The number of aryl methyl sites for hydroxylation is 1. The Morgan fingerprint density at radius 1 is 1.39 bits per heavy atom. The SMILES string of the molecule is Cc1cc(COc2ccc(C(=O)N(C)CC(=O)O)cc2Br)on1. The highest BCUT2D eigenvalue weighted by Gasteiger charge is 2.16. The van der Waals surface area contributed by atoms with E-state index in [1.54, 1.807) is 24.3 Å². The van der Waals surface area contributed by atoms with Crippen LogP contribution in [0.2, 0.25) is 0 Å². The summed E-state index contributed by atoms with van der Waals surface area (Å²) in [6.07, 6.45) is 0. The molecule has 0 unspecified atom stereocenters. The van der Waals surface area contributed by atoms with Crippen LogP contribution in [-0.2, 0) is 11.4 Å². The van der Waals surface area contributed by atoms with Gasteiger partial charge in [0.1, 0.15) is 18.9 Å². The van der Waals surface area contributed by atoms with Crippen molar-refractivity contribution < 1.29 is 24.0 Å². The number of aromatic nitrogens is 1. The van der Waals surface area contributed by atoms with E-state index in [-0.39, 0.29) is 19.1 Å². The number of hydrogen-bond donors (Lipinski definition) is 1. The second-order valence-electron chi connectivity index (χ2n) is 4.92. The smallest absolute Gasteiger partial charge is 0.323 e. The van der Waals surface area contributed by atoms with E-state index in [1.165, 1.54) is 7.05 Å². The van der Waals surface area contributed by atoms with Crippen LogP contribution in [0.3, 0.4) is 0 Å². The van der Waals surface area contributed by atoms with Gasteiger partial charge in [0.15, 0.2) is 5.76 Å². The Balaban J connectivity index is 2.05. The molecule has 0 fully saturated rings. The second kappa shape index (κ2) is 7.28. The van der Waals surface area contributed by atoms with Gasteiger partial charge < -0.3 is 19.3 Å². The van der Waals surface area contributed by atoms with Gasteiger partial charge in [-0.05, 0) is 41.1 Å². The summed E-state index contributed by atoms with van der Waals surface area (Å²) in [6.45, 7) is 1.67. The van der Waals surface area contributed by atoms with Crippen molar-refractivity contribution in [3.05, 3.63) is 45.8 Å². The first-order valence-electron chi connectivity index (χ1n) is 6.68. The highest BCUT2D eigenvalue weighted by molar-refractivity contribution is 9.10. The van der Waals surface area contributed by atoms with Crippen molar-refractivity contribution in [2.45, 2.75) is 13.5 Å². The van der Waals surface area contributed by atoms with E-state index in [4.69, 9.17) is 14.4 Å². The zero-order valence-electron chi connectivity index (χ0n) is 12.6. The van der Waals surface area contributed by atoms with Gasteiger partial charge in [0.25, 0.3) is 5.91 Å². The van der Waals surface area contributed by atoms with E-state index < -0.39 is 5.97 Å². The summed E-state index contributed by atoms with van der Waals surface area (Å²) in [4.78, 5) is 23.9. The number of hydrogen-bond acceptors (Lipinski definition) is 5. The Morgan fingerprint density at radius 3 is 2.70 bits per heavy atom. The molecule has 1 aromatic heterocycles. The highest BCUT2D eigenvalue weighted by Crippen LogP contribution is 2.27. The molecule has 1 amide bonds. The van der Waals surface area contributed by atoms with Crippen molar-refractivity contribution in [1.82, 2.24) is 10.1 Å². The summed E-state index contributed by atoms with van der Waals surface area (Å²) >= 11 is 3.34. The molecular weight excluding hydrogens is 368 g/mol. The van der Waals surface area contributed by atoms with Crippen molar-refractivity contribution in [3.63, 3.8) is 0 Å². The van der Waals surface area contributed by atoms with Crippen LogP contribution in [0.4, 0.5) is 0 Å². The Hall–Kier alpha value is -2.35. The van der Waals surface area contributed by atoms with Crippen molar-refractivity contribution in [2.24, 2.45) is 0 Å². The van der Waals surface area contributed by atoms with E-state index >= 15 is 0 Å². The lowest BCUT2D eigenvalue weighted by Crippen LogP contribution is -2.31. The van der Waals surface area contributed by atoms with Gasteiger partial charge in [0, 0.05) is 18.7 Å². The van der Waals surface area contributed by atoms with Crippen LogP contribution in [0.15, 0.2) is 33.3 Å². The van der Waals surface area contributed by atoms with E-state index in [0.717, 1.165) is 10.6 Å². The van der Waals surface area contributed by atoms with Crippen molar-refractivity contribution >= 4 is 27.8 Å². The molecular formula is C15H15BrN2O5. The fraction of sp³-hybridized carbons (Fsp3) is 0.267.